The van der Waals surface area contributed by atoms with Gasteiger partial charge in [0.2, 0.25) is 5.13 Å². The predicted octanol–water partition coefficient (Wildman–Crippen LogP) is 6.39. The Bertz CT molecular complexity index is 1030. The lowest BCUT2D eigenvalue weighted by Crippen LogP contribution is -1.95. The largest absolute Gasteiger partial charge is 0.497 e. The van der Waals surface area contributed by atoms with E-state index in [0.717, 1.165) is 27.8 Å². The van der Waals surface area contributed by atoms with Crippen LogP contribution in [0.1, 0.15) is 4.88 Å². The molecule has 26 heavy (non-hydrogen) atoms. The number of hydrogen-bond acceptors (Lipinski definition) is 6. The molecule has 3 heterocycles. The molecule has 0 unspecified atom stereocenters. The fraction of sp³-hybridized carbons (Fsp3) is 0.105. The molecular weight excluding hydrogens is 364 g/mol. The molecule has 0 radical (unpaired) electrons. The van der Waals surface area contributed by atoms with Gasteiger partial charge >= 0.3 is 0 Å². The van der Waals surface area contributed by atoms with Crippen LogP contribution in [0.4, 0.5) is 10.9 Å². The highest BCUT2D eigenvalue weighted by atomic mass is 32.1. The van der Waals surface area contributed by atoms with E-state index >= 15 is 0 Å². The average Bonchev–Trinajstić information content (AvgIpc) is 3.40. The van der Waals surface area contributed by atoms with Gasteiger partial charge in [-0.15, -0.1) is 21.6 Å². The first-order valence-electron chi connectivity index (χ1n) is 7.99. The third-order valence-corrected chi connectivity index (χ3v) is 5.50. The van der Waals surface area contributed by atoms with Crippen molar-refractivity contribution in [1.29, 1.82) is 0 Å². The lowest BCUT2D eigenvalue weighted by atomic mass is 10.2. The molecule has 0 N–H and O–H groups in total. The van der Waals surface area contributed by atoms with E-state index in [4.69, 9.17) is 4.74 Å². The zero-order valence-corrected chi connectivity index (χ0v) is 15.9. The first kappa shape index (κ1) is 16.7. The lowest BCUT2D eigenvalue weighted by Gasteiger charge is -2.11. The Labute approximate surface area is 159 Å². The van der Waals surface area contributed by atoms with Crippen molar-refractivity contribution in [2.45, 2.75) is 6.92 Å². The maximum atomic E-state index is 5.27. The summed E-state index contributed by atoms with van der Waals surface area (Å²) < 4.78 is 7.36. The fourth-order valence-electron chi connectivity index (χ4n) is 2.61. The van der Waals surface area contributed by atoms with E-state index in [1.807, 2.05) is 43.3 Å². The number of thiophene rings is 1. The fourth-order valence-corrected chi connectivity index (χ4v) is 3.93. The normalized spacial score (nSPS) is 11.3. The smallest absolute Gasteiger partial charge is 0.230 e. The number of hydrogen-bond donors (Lipinski definition) is 0. The number of benzene rings is 1. The van der Waals surface area contributed by atoms with Gasteiger partial charge in [0.05, 0.1) is 17.7 Å². The van der Waals surface area contributed by atoms with Crippen LogP contribution in [-0.4, -0.2) is 16.7 Å². The van der Waals surface area contributed by atoms with E-state index in [2.05, 4.69) is 37.3 Å². The standard InChI is InChI=1S/C19H16N4OS2/c1-13-12-20-19(26-13)22-21-18-10-9-16(17-4-3-11-25-17)23(18)14-5-7-15(24-2)8-6-14/h3-12H,1-2H3/b22-21+. The van der Waals surface area contributed by atoms with E-state index < -0.39 is 0 Å². The zero-order valence-electron chi connectivity index (χ0n) is 14.3. The number of aryl methyl sites for hydroxylation is 1. The Balaban J connectivity index is 1.79. The van der Waals surface area contributed by atoms with Crippen LogP contribution in [0, 0.1) is 6.92 Å². The molecule has 0 amide bonds. The quantitative estimate of drug-likeness (QED) is 0.376. The Morgan fingerprint density at radius 3 is 2.54 bits per heavy atom. The van der Waals surface area contributed by atoms with Crippen molar-refractivity contribution in [1.82, 2.24) is 9.55 Å². The molecule has 0 atom stereocenters. The van der Waals surface area contributed by atoms with Crippen LogP contribution in [0.25, 0.3) is 16.3 Å². The van der Waals surface area contributed by atoms with Crippen LogP contribution in [0.3, 0.4) is 0 Å². The number of aromatic nitrogens is 2. The van der Waals surface area contributed by atoms with Gasteiger partial charge in [-0.1, -0.05) is 17.4 Å². The van der Waals surface area contributed by atoms with E-state index in [0.29, 0.717) is 5.13 Å². The van der Waals surface area contributed by atoms with Crippen molar-refractivity contribution in [3.63, 3.8) is 0 Å². The molecule has 130 valence electrons. The summed E-state index contributed by atoms with van der Waals surface area (Å²) in [5.74, 6) is 1.58. The topological polar surface area (TPSA) is 51.8 Å². The van der Waals surface area contributed by atoms with Gasteiger partial charge in [-0.3, -0.25) is 4.57 Å². The highest BCUT2D eigenvalue weighted by molar-refractivity contribution is 7.15. The minimum Gasteiger partial charge on any atom is -0.497 e. The van der Waals surface area contributed by atoms with Crippen molar-refractivity contribution in [2.75, 3.05) is 7.11 Å². The van der Waals surface area contributed by atoms with Crippen molar-refractivity contribution in [3.05, 3.63) is 65.0 Å². The van der Waals surface area contributed by atoms with Gasteiger partial charge in [0.25, 0.3) is 0 Å². The summed E-state index contributed by atoms with van der Waals surface area (Å²) in [5, 5.41) is 11.5. The summed E-state index contributed by atoms with van der Waals surface area (Å²) >= 11 is 3.22. The molecule has 3 aromatic heterocycles. The predicted molar refractivity (Wildman–Crippen MR) is 107 cm³/mol. The number of ether oxygens (including phenoxy) is 1. The van der Waals surface area contributed by atoms with Crippen LogP contribution in [-0.2, 0) is 0 Å². The molecule has 0 saturated heterocycles. The summed E-state index contributed by atoms with van der Waals surface area (Å²) in [6, 6.07) is 16.1. The van der Waals surface area contributed by atoms with Gasteiger partial charge in [-0.05, 0) is 54.8 Å². The van der Waals surface area contributed by atoms with Gasteiger partial charge in [0, 0.05) is 16.8 Å². The number of rotatable bonds is 5. The molecule has 7 heteroatoms. The Hall–Kier alpha value is -2.77. The van der Waals surface area contributed by atoms with Crippen LogP contribution >= 0.6 is 22.7 Å². The highest BCUT2D eigenvalue weighted by Gasteiger charge is 2.13. The molecule has 5 nitrogen and oxygen atoms in total. The van der Waals surface area contributed by atoms with Crippen LogP contribution < -0.4 is 4.74 Å². The maximum Gasteiger partial charge on any atom is 0.230 e. The second-order valence-electron chi connectivity index (χ2n) is 5.54. The second-order valence-corrected chi connectivity index (χ2v) is 7.70. The molecule has 0 aliphatic rings. The summed E-state index contributed by atoms with van der Waals surface area (Å²) in [6.45, 7) is 2.01. The molecule has 0 saturated carbocycles. The van der Waals surface area contributed by atoms with Crippen molar-refractivity contribution < 1.29 is 4.74 Å². The average molecular weight is 380 g/mol. The lowest BCUT2D eigenvalue weighted by molar-refractivity contribution is 0.415. The Kier molecular flexibility index (Phi) is 4.64. The molecule has 0 aliphatic heterocycles. The molecule has 1 aromatic carbocycles. The number of methoxy groups -OCH3 is 1. The molecule has 0 aliphatic carbocycles. The molecular formula is C19H16N4OS2. The molecule has 4 rings (SSSR count). The summed E-state index contributed by atoms with van der Waals surface area (Å²) in [6.07, 6.45) is 1.80. The van der Waals surface area contributed by atoms with Gasteiger partial charge in [-0.2, -0.15) is 0 Å². The van der Waals surface area contributed by atoms with Crippen LogP contribution in [0.15, 0.2) is 70.3 Å². The number of thiazole rings is 1. The summed E-state index contributed by atoms with van der Waals surface area (Å²) in [7, 11) is 1.66. The monoisotopic (exact) mass is 380 g/mol. The first-order valence-corrected chi connectivity index (χ1v) is 9.68. The van der Waals surface area contributed by atoms with Crippen LogP contribution in [0.2, 0.25) is 0 Å². The third kappa shape index (κ3) is 3.31. The second kappa shape index (κ2) is 7.23. The van der Waals surface area contributed by atoms with E-state index in [-0.39, 0.29) is 0 Å². The van der Waals surface area contributed by atoms with E-state index in [9.17, 15) is 0 Å². The number of nitrogens with zero attached hydrogens (tertiary/aromatic N) is 4. The molecule has 0 spiro atoms. The minimum absolute atomic E-state index is 0.655. The molecule has 0 bridgehead atoms. The van der Waals surface area contributed by atoms with Crippen molar-refractivity contribution in [2.24, 2.45) is 10.2 Å². The van der Waals surface area contributed by atoms with Gasteiger partial charge in [0.15, 0.2) is 5.82 Å². The van der Waals surface area contributed by atoms with Crippen molar-refractivity contribution >= 4 is 33.6 Å². The summed E-state index contributed by atoms with van der Waals surface area (Å²) in [4.78, 5) is 6.54. The molecule has 0 fully saturated rings. The van der Waals surface area contributed by atoms with E-state index in [1.54, 1.807) is 24.6 Å². The van der Waals surface area contributed by atoms with E-state index in [1.165, 1.54) is 16.2 Å². The van der Waals surface area contributed by atoms with Crippen LogP contribution in [0.5, 0.6) is 5.75 Å². The molecule has 4 aromatic rings. The maximum absolute atomic E-state index is 5.27. The highest BCUT2D eigenvalue weighted by Crippen LogP contribution is 2.35. The zero-order chi connectivity index (χ0) is 17.9. The van der Waals surface area contributed by atoms with Gasteiger partial charge in [-0.25, -0.2) is 4.98 Å². The third-order valence-electron chi connectivity index (χ3n) is 3.81. The van der Waals surface area contributed by atoms with Gasteiger partial charge < -0.3 is 4.74 Å². The minimum atomic E-state index is 0.655. The van der Waals surface area contributed by atoms with Gasteiger partial charge in [0.1, 0.15) is 5.75 Å². The number of azo groups is 1. The Morgan fingerprint density at radius 1 is 1.04 bits per heavy atom. The summed E-state index contributed by atoms with van der Waals surface area (Å²) in [5.41, 5.74) is 2.08. The van der Waals surface area contributed by atoms with Crippen molar-refractivity contribution in [3.8, 4) is 22.0 Å². The first-order chi connectivity index (χ1) is 12.7. The Morgan fingerprint density at radius 2 is 1.88 bits per heavy atom. The SMILES string of the molecule is COc1ccc(-n2c(/N=N/c3ncc(C)s3)ccc2-c2cccs2)cc1.